The summed E-state index contributed by atoms with van der Waals surface area (Å²) in [7, 11) is -9.95. The van der Waals surface area contributed by atoms with E-state index in [2.05, 4.69) is 0 Å². The molecule has 0 radical (unpaired) electrons. The van der Waals surface area contributed by atoms with Crippen LogP contribution in [-0.4, -0.2) is 36.8 Å². The van der Waals surface area contributed by atoms with Gasteiger partial charge >= 0.3 is 0 Å². The Morgan fingerprint density at radius 3 is 1.87 bits per heavy atom. The number of nitrogens with two attached hydrogens (primary N) is 1. The van der Waals surface area contributed by atoms with Gasteiger partial charge in [-0.15, -0.1) is 0 Å². The highest BCUT2D eigenvalue weighted by Gasteiger charge is 2.27. The molecule has 9 nitrogen and oxygen atoms in total. The van der Waals surface area contributed by atoms with Crippen molar-refractivity contribution in [2.75, 3.05) is 5.73 Å². The van der Waals surface area contributed by atoms with Crippen LogP contribution in [0.1, 0.15) is 11.1 Å². The van der Waals surface area contributed by atoms with Crippen molar-refractivity contribution < 1.29 is 31.0 Å². The van der Waals surface area contributed by atoms with Crippen molar-refractivity contribution in [1.82, 2.24) is 0 Å². The van der Waals surface area contributed by atoms with Crippen LogP contribution in [0, 0.1) is 5.41 Å². The highest BCUT2D eigenvalue weighted by atomic mass is 32.2. The van der Waals surface area contributed by atoms with Crippen molar-refractivity contribution >= 4 is 37.2 Å². The first-order valence-corrected chi connectivity index (χ1v) is 11.1. The highest BCUT2D eigenvalue weighted by molar-refractivity contribution is 7.86. The van der Waals surface area contributed by atoms with Crippen LogP contribution >= 0.6 is 0 Å². The van der Waals surface area contributed by atoms with Gasteiger partial charge in [0.25, 0.3) is 20.2 Å². The number of hydrogen-bond donors (Lipinski definition) is 5. The lowest BCUT2D eigenvalue weighted by Crippen LogP contribution is -2.09. The number of nitrogens with one attached hydrogen (secondary N) is 1. The van der Waals surface area contributed by atoms with E-state index in [1.54, 1.807) is 24.3 Å². The molecule has 0 saturated heterocycles. The van der Waals surface area contributed by atoms with E-state index < -0.39 is 35.8 Å². The van der Waals surface area contributed by atoms with Gasteiger partial charge in [0, 0.05) is 11.3 Å². The Kier molecular flexibility index (Phi) is 5.39. The first kappa shape index (κ1) is 21.5. The fourth-order valence-corrected chi connectivity index (χ4v) is 4.30. The smallest absolute Gasteiger partial charge is 0.298 e. The van der Waals surface area contributed by atoms with Gasteiger partial charge in [-0.05, 0) is 53.1 Å². The maximum Gasteiger partial charge on any atom is 0.298 e. The van der Waals surface area contributed by atoms with Crippen LogP contribution in [0.3, 0.4) is 0 Å². The third-order valence-corrected chi connectivity index (χ3v) is 6.04. The number of hydrogen-bond acceptors (Lipinski definition) is 7. The van der Waals surface area contributed by atoms with Gasteiger partial charge in [0.05, 0.1) is 5.71 Å². The Balaban J connectivity index is 2.46. The molecule has 0 amide bonds. The van der Waals surface area contributed by atoms with Gasteiger partial charge < -0.3 is 16.2 Å². The van der Waals surface area contributed by atoms with Crippen LogP contribution in [0.5, 0.6) is 5.75 Å². The number of phenolic OH excluding ortho intramolecular Hbond substituents is 1. The number of nitrogen functional groups attached to an aromatic ring is 1. The van der Waals surface area contributed by atoms with Gasteiger partial charge in [0.15, 0.2) is 0 Å². The van der Waals surface area contributed by atoms with Crippen molar-refractivity contribution in [3.63, 3.8) is 0 Å². The average molecular weight is 448 g/mol. The summed E-state index contributed by atoms with van der Waals surface area (Å²) in [5.74, 6) is -0.912. The molecule has 30 heavy (non-hydrogen) atoms. The summed E-state index contributed by atoms with van der Waals surface area (Å²) in [6, 6.07) is 7.54. The van der Waals surface area contributed by atoms with Crippen LogP contribution in [0.4, 0.5) is 5.69 Å². The Labute approximate surface area is 172 Å². The maximum absolute atomic E-state index is 12.1. The monoisotopic (exact) mass is 448 g/mol. The normalized spacial score (nSPS) is 14.2. The quantitative estimate of drug-likeness (QED) is 0.349. The molecule has 0 aliphatic heterocycles. The highest BCUT2D eigenvalue weighted by Crippen LogP contribution is 2.38. The SMILES string of the molecule is N=C1C=CC(=C(c2ccc(N)cc2)c2cc(O)c(S(=O)(=O)O)cc2S(=O)(=O)O)C=C1. The molecule has 6 N–H and O–H groups in total. The first-order chi connectivity index (χ1) is 13.9. The molecule has 0 fully saturated rings. The predicted molar refractivity (Wildman–Crippen MR) is 111 cm³/mol. The average Bonchev–Trinajstić information content (AvgIpc) is 2.63. The molecular formula is C19H16N2O7S2. The summed E-state index contributed by atoms with van der Waals surface area (Å²) < 4.78 is 66.1. The van der Waals surface area contributed by atoms with E-state index in [9.17, 15) is 31.0 Å². The van der Waals surface area contributed by atoms with Crippen molar-refractivity contribution in [3.05, 3.63) is 77.4 Å². The minimum Gasteiger partial charge on any atom is -0.506 e. The zero-order chi connectivity index (χ0) is 22.3. The molecule has 3 rings (SSSR count). The molecule has 0 unspecified atom stereocenters. The number of allylic oxidation sites excluding steroid dienone is 5. The summed E-state index contributed by atoms with van der Waals surface area (Å²) in [6.07, 6.45) is 5.95. The van der Waals surface area contributed by atoms with Gasteiger partial charge in [-0.2, -0.15) is 16.8 Å². The van der Waals surface area contributed by atoms with E-state index in [-0.39, 0.29) is 16.8 Å². The number of phenols is 1. The van der Waals surface area contributed by atoms with Crippen LogP contribution in [0.25, 0.3) is 5.57 Å². The lowest BCUT2D eigenvalue weighted by Gasteiger charge is -2.17. The van der Waals surface area contributed by atoms with E-state index >= 15 is 0 Å². The molecule has 2 aromatic carbocycles. The second-order valence-corrected chi connectivity index (χ2v) is 9.12. The Morgan fingerprint density at radius 1 is 0.833 bits per heavy atom. The topological polar surface area (TPSA) is 179 Å². The number of anilines is 1. The molecule has 1 aliphatic carbocycles. The molecule has 0 saturated carbocycles. The third kappa shape index (κ3) is 4.33. The van der Waals surface area contributed by atoms with E-state index in [1.807, 2.05) is 0 Å². The fourth-order valence-electron chi connectivity index (χ4n) is 2.93. The molecule has 0 bridgehead atoms. The zero-order valence-electron chi connectivity index (χ0n) is 15.1. The van der Waals surface area contributed by atoms with Crippen LogP contribution in [0.15, 0.2) is 76.1 Å². The second kappa shape index (κ2) is 7.54. The molecule has 0 heterocycles. The zero-order valence-corrected chi connectivity index (χ0v) is 16.8. The van der Waals surface area contributed by atoms with E-state index in [1.165, 1.54) is 24.3 Å². The summed E-state index contributed by atoms with van der Waals surface area (Å²) in [5, 5.41) is 17.8. The standard InChI is InChI=1S/C19H16N2O7S2/c20-13-5-1-11(2-6-13)19(12-3-7-14(21)8-4-12)15-9-16(22)18(30(26,27)28)10-17(15)29(23,24)25/h1-10,20,22H,21H2,(H,23,24,25)(H,26,27,28). The molecule has 0 aromatic heterocycles. The number of rotatable bonds is 4. The molecule has 0 spiro atoms. The van der Waals surface area contributed by atoms with Gasteiger partial charge in [0.2, 0.25) is 0 Å². The molecule has 1 aliphatic rings. The van der Waals surface area contributed by atoms with E-state index in [4.69, 9.17) is 11.1 Å². The van der Waals surface area contributed by atoms with Gasteiger partial charge in [-0.1, -0.05) is 24.3 Å². The Bertz CT molecular complexity index is 1330. The third-order valence-electron chi connectivity index (χ3n) is 4.26. The van der Waals surface area contributed by atoms with E-state index in [0.29, 0.717) is 22.9 Å². The van der Waals surface area contributed by atoms with Gasteiger partial charge in [-0.3, -0.25) is 9.11 Å². The maximum atomic E-state index is 12.1. The van der Waals surface area contributed by atoms with Gasteiger partial charge in [0.1, 0.15) is 15.5 Å². The number of benzene rings is 2. The van der Waals surface area contributed by atoms with Crippen molar-refractivity contribution in [2.45, 2.75) is 9.79 Å². The second-order valence-electron chi connectivity index (χ2n) is 6.34. The summed E-state index contributed by atoms with van der Waals surface area (Å²) >= 11 is 0. The van der Waals surface area contributed by atoms with Crippen molar-refractivity contribution in [3.8, 4) is 5.75 Å². The van der Waals surface area contributed by atoms with Crippen LogP contribution in [-0.2, 0) is 20.2 Å². The fraction of sp³-hybridized carbons (Fsp3) is 0. The molecule has 156 valence electrons. The minimum atomic E-state index is -4.98. The summed E-state index contributed by atoms with van der Waals surface area (Å²) in [6.45, 7) is 0. The minimum absolute atomic E-state index is 0.190. The van der Waals surface area contributed by atoms with Crippen LogP contribution in [0.2, 0.25) is 0 Å². The van der Waals surface area contributed by atoms with Crippen LogP contribution < -0.4 is 5.73 Å². The van der Waals surface area contributed by atoms with Gasteiger partial charge in [-0.25, -0.2) is 0 Å². The number of aromatic hydroxyl groups is 1. The van der Waals surface area contributed by atoms with E-state index in [0.717, 1.165) is 6.07 Å². The lowest BCUT2D eigenvalue weighted by molar-refractivity contribution is 0.441. The summed E-state index contributed by atoms with van der Waals surface area (Å²) in [4.78, 5) is -1.91. The summed E-state index contributed by atoms with van der Waals surface area (Å²) in [5.41, 5.74) is 7.17. The largest absolute Gasteiger partial charge is 0.506 e. The Hall–Kier alpha value is -3.25. The first-order valence-electron chi connectivity index (χ1n) is 8.25. The predicted octanol–water partition coefficient (Wildman–Crippen LogP) is 2.42. The molecule has 11 heteroatoms. The lowest BCUT2D eigenvalue weighted by atomic mass is 9.90. The molecule has 0 atom stereocenters. The Morgan fingerprint density at radius 2 is 1.37 bits per heavy atom. The molecule has 2 aromatic rings. The van der Waals surface area contributed by atoms with Crippen molar-refractivity contribution in [2.24, 2.45) is 0 Å². The molecular weight excluding hydrogens is 432 g/mol. The van der Waals surface area contributed by atoms with Crippen molar-refractivity contribution in [1.29, 1.82) is 5.41 Å².